The Morgan fingerprint density at radius 2 is 2.07 bits per heavy atom. The van der Waals surface area contributed by atoms with E-state index in [0.717, 1.165) is 37.7 Å². The number of aryl methyl sites for hydroxylation is 1. The first kappa shape index (κ1) is 20.4. The van der Waals surface area contributed by atoms with Gasteiger partial charge in [-0.2, -0.15) is 5.26 Å². The number of esters is 1. The summed E-state index contributed by atoms with van der Waals surface area (Å²) in [4.78, 5) is 25.7. The van der Waals surface area contributed by atoms with E-state index in [-0.39, 0.29) is 5.56 Å². The van der Waals surface area contributed by atoms with Gasteiger partial charge in [0.1, 0.15) is 16.8 Å². The fourth-order valence-corrected chi connectivity index (χ4v) is 4.77. The number of amides is 1. The summed E-state index contributed by atoms with van der Waals surface area (Å²) in [5.41, 5.74) is 1.86. The zero-order valence-corrected chi connectivity index (χ0v) is 17.7. The number of thiophene rings is 1. The van der Waals surface area contributed by atoms with Crippen molar-refractivity contribution < 1.29 is 19.1 Å². The summed E-state index contributed by atoms with van der Waals surface area (Å²) < 4.78 is 10.8. The van der Waals surface area contributed by atoms with Crippen molar-refractivity contribution in [1.29, 1.82) is 5.26 Å². The van der Waals surface area contributed by atoms with Gasteiger partial charge < -0.3 is 14.8 Å². The first-order valence-electron chi connectivity index (χ1n) is 8.88. The lowest BCUT2D eigenvalue weighted by Gasteiger charge is -2.08. The number of nitrogens with one attached hydrogen (secondary N) is 1. The second kappa shape index (κ2) is 9.22. The van der Waals surface area contributed by atoms with Gasteiger partial charge in [-0.25, -0.2) is 4.79 Å². The van der Waals surface area contributed by atoms with E-state index >= 15 is 0 Å². The number of hydrogen-bond donors (Lipinski definition) is 1. The van der Waals surface area contributed by atoms with Crippen molar-refractivity contribution in [2.24, 2.45) is 0 Å². The first-order valence-corrected chi connectivity index (χ1v) is 10.5. The molecule has 8 heteroatoms. The molecule has 6 nitrogen and oxygen atoms in total. The van der Waals surface area contributed by atoms with Gasteiger partial charge in [0.15, 0.2) is 6.61 Å². The highest BCUT2D eigenvalue weighted by Crippen LogP contribution is 2.37. The minimum atomic E-state index is -0.636. The molecule has 0 radical (unpaired) electrons. The van der Waals surface area contributed by atoms with E-state index < -0.39 is 18.5 Å². The van der Waals surface area contributed by atoms with Gasteiger partial charge >= 0.3 is 5.97 Å². The van der Waals surface area contributed by atoms with Crippen molar-refractivity contribution >= 4 is 44.1 Å². The smallest absolute Gasteiger partial charge is 0.339 e. The molecule has 146 valence electrons. The number of benzene rings is 1. The Hall–Kier alpha value is -2.37. The standard InChI is InChI=1S/C20H19BrN2O4S/c1-26-12-7-8-16(21)14(9-12)20(25)27-11-18(24)23-19-15(10-22)13-5-3-2-4-6-17(13)28-19/h7-9H,2-6,11H2,1H3,(H,23,24). The van der Waals surface area contributed by atoms with Crippen molar-refractivity contribution in [2.45, 2.75) is 32.1 Å². The number of carbonyl (C=O) groups is 2. The molecule has 0 atom stereocenters. The summed E-state index contributed by atoms with van der Waals surface area (Å²) in [6.45, 7) is -0.435. The van der Waals surface area contributed by atoms with Crippen LogP contribution in [0.3, 0.4) is 0 Å². The average molecular weight is 463 g/mol. The predicted molar refractivity (Wildman–Crippen MR) is 110 cm³/mol. The van der Waals surface area contributed by atoms with E-state index in [9.17, 15) is 14.9 Å². The van der Waals surface area contributed by atoms with Gasteiger partial charge in [-0.15, -0.1) is 11.3 Å². The number of ether oxygens (including phenoxy) is 2. The molecule has 0 bridgehead atoms. The number of anilines is 1. The van der Waals surface area contributed by atoms with E-state index in [1.165, 1.54) is 29.4 Å². The van der Waals surface area contributed by atoms with Gasteiger partial charge in [-0.1, -0.05) is 6.42 Å². The molecule has 1 aliphatic carbocycles. The van der Waals surface area contributed by atoms with Gasteiger partial charge in [0.2, 0.25) is 0 Å². The number of rotatable bonds is 5. The molecule has 1 aromatic carbocycles. The molecule has 1 N–H and O–H groups in total. The number of halogens is 1. The van der Waals surface area contributed by atoms with E-state index in [1.54, 1.807) is 12.1 Å². The van der Waals surface area contributed by atoms with Crippen LogP contribution in [0.5, 0.6) is 5.75 Å². The van der Waals surface area contributed by atoms with Gasteiger partial charge in [0.05, 0.1) is 18.2 Å². The number of nitriles is 1. The van der Waals surface area contributed by atoms with Gasteiger partial charge in [0.25, 0.3) is 5.91 Å². The Kier molecular flexibility index (Phi) is 6.70. The lowest BCUT2D eigenvalue weighted by molar-refractivity contribution is -0.119. The molecule has 1 aromatic heterocycles. The van der Waals surface area contributed by atoms with Crippen LogP contribution < -0.4 is 10.1 Å². The third-order valence-electron chi connectivity index (χ3n) is 4.51. The topological polar surface area (TPSA) is 88.4 Å². The van der Waals surface area contributed by atoms with Crippen LogP contribution in [0.15, 0.2) is 22.7 Å². The summed E-state index contributed by atoms with van der Waals surface area (Å²) in [7, 11) is 1.50. The zero-order valence-electron chi connectivity index (χ0n) is 15.3. The third kappa shape index (κ3) is 4.54. The van der Waals surface area contributed by atoms with Crippen LogP contribution in [0.1, 0.15) is 45.6 Å². The Labute approximate surface area is 175 Å². The van der Waals surface area contributed by atoms with Crippen LogP contribution in [0.2, 0.25) is 0 Å². The highest BCUT2D eigenvalue weighted by molar-refractivity contribution is 9.10. The van der Waals surface area contributed by atoms with E-state index in [1.807, 2.05) is 0 Å². The zero-order chi connectivity index (χ0) is 20.1. The summed E-state index contributed by atoms with van der Waals surface area (Å²) in [5, 5.41) is 12.8. The van der Waals surface area contributed by atoms with Crippen molar-refractivity contribution in [3.8, 4) is 11.8 Å². The molecular weight excluding hydrogens is 444 g/mol. The molecule has 3 rings (SSSR count). The molecule has 28 heavy (non-hydrogen) atoms. The second-order valence-corrected chi connectivity index (χ2v) is 8.31. The molecule has 0 aliphatic heterocycles. The number of carbonyl (C=O) groups excluding carboxylic acids is 2. The largest absolute Gasteiger partial charge is 0.497 e. The van der Waals surface area contributed by atoms with Crippen molar-refractivity contribution in [1.82, 2.24) is 0 Å². The number of fused-ring (bicyclic) bond motifs is 1. The molecule has 1 amide bonds. The maximum atomic E-state index is 12.3. The van der Waals surface area contributed by atoms with Crippen LogP contribution >= 0.6 is 27.3 Å². The Morgan fingerprint density at radius 1 is 1.29 bits per heavy atom. The van der Waals surface area contributed by atoms with Gasteiger partial charge in [-0.3, -0.25) is 4.79 Å². The van der Waals surface area contributed by atoms with Gasteiger partial charge in [0, 0.05) is 9.35 Å². The van der Waals surface area contributed by atoms with Crippen LogP contribution in [-0.2, 0) is 22.4 Å². The van der Waals surface area contributed by atoms with E-state index in [0.29, 0.717) is 20.8 Å². The van der Waals surface area contributed by atoms with E-state index in [4.69, 9.17) is 9.47 Å². The Morgan fingerprint density at radius 3 is 2.82 bits per heavy atom. The molecule has 1 aliphatic rings. The highest BCUT2D eigenvalue weighted by atomic mass is 79.9. The molecule has 2 aromatic rings. The van der Waals surface area contributed by atoms with Gasteiger partial charge in [-0.05, 0) is 65.4 Å². The summed E-state index contributed by atoms with van der Waals surface area (Å²) in [5.74, 6) is -0.595. The molecule has 0 saturated heterocycles. The summed E-state index contributed by atoms with van der Waals surface area (Å²) >= 11 is 4.73. The van der Waals surface area contributed by atoms with Crippen LogP contribution in [0.25, 0.3) is 0 Å². The number of hydrogen-bond acceptors (Lipinski definition) is 6. The predicted octanol–water partition coefficient (Wildman–Crippen LogP) is 4.46. The highest BCUT2D eigenvalue weighted by Gasteiger charge is 2.21. The Bertz CT molecular complexity index is 948. The minimum absolute atomic E-state index is 0.271. The van der Waals surface area contributed by atoms with Crippen LogP contribution in [0, 0.1) is 11.3 Å². The SMILES string of the molecule is COc1ccc(Br)c(C(=O)OCC(=O)Nc2sc3c(c2C#N)CCCCC3)c1. The summed E-state index contributed by atoms with van der Waals surface area (Å²) in [6, 6.07) is 7.13. The molecule has 0 spiro atoms. The lowest BCUT2D eigenvalue weighted by Crippen LogP contribution is -2.21. The first-order chi connectivity index (χ1) is 13.5. The van der Waals surface area contributed by atoms with Crippen molar-refractivity contribution in [3.63, 3.8) is 0 Å². The molecular formula is C20H19BrN2O4S. The molecule has 0 unspecified atom stereocenters. The normalized spacial score (nSPS) is 13.0. The van der Waals surface area contributed by atoms with E-state index in [2.05, 4.69) is 27.3 Å². The Balaban J connectivity index is 1.65. The maximum absolute atomic E-state index is 12.3. The monoisotopic (exact) mass is 462 g/mol. The quantitative estimate of drug-likeness (QED) is 0.523. The van der Waals surface area contributed by atoms with Crippen LogP contribution in [-0.4, -0.2) is 25.6 Å². The van der Waals surface area contributed by atoms with Crippen LogP contribution in [0.4, 0.5) is 5.00 Å². The second-order valence-electron chi connectivity index (χ2n) is 6.35. The fourth-order valence-electron chi connectivity index (χ4n) is 3.11. The maximum Gasteiger partial charge on any atom is 0.339 e. The minimum Gasteiger partial charge on any atom is -0.497 e. The third-order valence-corrected chi connectivity index (χ3v) is 6.41. The molecule has 0 fully saturated rings. The average Bonchev–Trinajstić information content (AvgIpc) is 2.85. The molecule has 0 saturated carbocycles. The number of methoxy groups -OCH3 is 1. The fraction of sp³-hybridized carbons (Fsp3) is 0.350. The number of nitrogens with zero attached hydrogens (tertiary/aromatic N) is 1. The molecule has 1 heterocycles. The summed E-state index contributed by atoms with van der Waals surface area (Å²) in [6.07, 6.45) is 5.11. The van der Waals surface area contributed by atoms with Crippen molar-refractivity contribution in [3.05, 3.63) is 44.2 Å². The lowest BCUT2D eigenvalue weighted by atomic mass is 10.1. The van der Waals surface area contributed by atoms with Crippen molar-refractivity contribution in [2.75, 3.05) is 19.0 Å².